The first-order valence-electron chi connectivity index (χ1n) is 9.20. The first kappa shape index (κ1) is 20.4. The number of amides is 2. The minimum atomic E-state index is -0.276. The number of terminal acetylenes is 1. The predicted octanol–water partition coefficient (Wildman–Crippen LogP) is 3.91. The fraction of sp³-hybridized carbons (Fsp3) is 0.217. The highest BCUT2D eigenvalue weighted by Gasteiger charge is 2.21. The Morgan fingerprint density at radius 1 is 1.21 bits per heavy atom. The number of carbonyl (C=O) groups excluding carboxylic acids is 2. The summed E-state index contributed by atoms with van der Waals surface area (Å²) < 4.78 is 2.12. The Bertz CT molecular complexity index is 1070. The van der Waals surface area contributed by atoms with Crippen molar-refractivity contribution in [2.24, 2.45) is 0 Å². The number of benzene rings is 1. The lowest BCUT2D eigenvalue weighted by Gasteiger charge is -2.17. The molecule has 29 heavy (non-hydrogen) atoms. The molecule has 0 aliphatic carbocycles. The van der Waals surface area contributed by atoms with E-state index < -0.39 is 0 Å². The van der Waals surface area contributed by atoms with Gasteiger partial charge in [0.25, 0.3) is 5.91 Å². The van der Waals surface area contributed by atoms with Crippen LogP contribution in [0.25, 0.3) is 0 Å². The molecule has 3 rings (SSSR count). The summed E-state index contributed by atoms with van der Waals surface area (Å²) in [4.78, 5) is 28.0. The maximum Gasteiger partial charge on any atom is 0.255 e. The maximum atomic E-state index is 12.9. The molecule has 0 saturated carbocycles. The second-order valence-corrected chi connectivity index (χ2v) is 7.92. The highest BCUT2D eigenvalue weighted by atomic mass is 32.1. The number of anilines is 1. The van der Waals surface area contributed by atoms with Crippen LogP contribution in [0.3, 0.4) is 0 Å². The molecule has 0 radical (unpaired) electrons. The van der Waals surface area contributed by atoms with Gasteiger partial charge in [0.15, 0.2) is 0 Å². The molecule has 1 N–H and O–H groups in total. The van der Waals surface area contributed by atoms with E-state index in [0.29, 0.717) is 16.8 Å². The molecule has 0 spiro atoms. The molecule has 0 saturated heterocycles. The van der Waals surface area contributed by atoms with Crippen molar-refractivity contribution in [1.82, 2.24) is 9.47 Å². The standard InChI is InChI=1S/C23H23N3O2S/c1-5-18-8-6-9-19(13-18)24-22(27)15-25(4)23(28)21-12-16(2)26(17(21)3)14-20-10-7-11-29-20/h1,6-13H,14-15H2,2-4H3,(H,24,27). The number of hydrogen-bond acceptors (Lipinski definition) is 3. The minimum absolute atomic E-state index is 0.0479. The van der Waals surface area contributed by atoms with Crippen molar-refractivity contribution in [2.75, 3.05) is 18.9 Å². The topological polar surface area (TPSA) is 54.3 Å². The van der Waals surface area contributed by atoms with Crippen LogP contribution in [0.2, 0.25) is 0 Å². The molecule has 0 fully saturated rings. The molecule has 0 aliphatic rings. The Hall–Kier alpha value is -3.30. The molecule has 6 heteroatoms. The summed E-state index contributed by atoms with van der Waals surface area (Å²) in [6, 6.07) is 13.0. The first-order chi connectivity index (χ1) is 13.9. The first-order valence-corrected chi connectivity index (χ1v) is 10.1. The van der Waals surface area contributed by atoms with Gasteiger partial charge >= 0.3 is 0 Å². The van der Waals surface area contributed by atoms with Gasteiger partial charge in [-0.1, -0.05) is 18.1 Å². The van der Waals surface area contributed by atoms with Gasteiger partial charge in [-0.25, -0.2) is 0 Å². The summed E-state index contributed by atoms with van der Waals surface area (Å²) >= 11 is 1.69. The highest BCUT2D eigenvalue weighted by molar-refractivity contribution is 7.09. The van der Waals surface area contributed by atoms with Gasteiger partial charge in [-0.05, 0) is 49.6 Å². The Labute approximate surface area is 175 Å². The minimum Gasteiger partial charge on any atom is -0.343 e. The zero-order chi connectivity index (χ0) is 21.0. The number of carbonyl (C=O) groups is 2. The summed E-state index contributed by atoms with van der Waals surface area (Å²) in [5, 5.41) is 4.83. The third-order valence-electron chi connectivity index (χ3n) is 4.74. The molecular weight excluding hydrogens is 382 g/mol. The number of thiophene rings is 1. The van der Waals surface area contributed by atoms with Crippen LogP contribution in [0.15, 0.2) is 47.8 Å². The third-order valence-corrected chi connectivity index (χ3v) is 5.60. The van der Waals surface area contributed by atoms with Crippen LogP contribution >= 0.6 is 11.3 Å². The molecule has 0 aliphatic heterocycles. The molecule has 1 aromatic carbocycles. The monoisotopic (exact) mass is 405 g/mol. The fourth-order valence-electron chi connectivity index (χ4n) is 3.20. The normalized spacial score (nSPS) is 10.4. The maximum absolute atomic E-state index is 12.9. The van der Waals surface area contributed by atoms with Crippen molar-refractivity contribution in [2.45, 2.75) is 20.4 Å². The number of aromatic nitrogens is 1. The molecule has 0 atom stereocenters. The molecule has 148 valence electrons. The van der Waals surface area contributed by atoms with Crippen LogP contribution in [0.1, 0.15) is 32.2 Å². The number of hydrogen-bond donors (Lipinski definition) is 1. The highest BCUT2D eigenvalue weighted by Crippen LogP contribution is 2.20. The van der Waals surface area contributed by atoms with E-state index in [2.05, 4.69) is 21.9 Å². The summed E-state index contributed by atoms with van der Waals surface area (Å²) in [7, 11) is 1.63. The van der Waals surface area contributed by atoms with Gasteiger partial charge in [-0.3, -0.25) is 9.59 Å². The van der Waals surface area contributed by atoms with E-state index in [1.54, 1.807) is 42.6 Å². The zero-order valence-corrected chi connectivity index (χ0v) is 17.5. The molecular formula is C23H23N3O2S. The summed E-state index contributed by atoms with van der Waals surface area (Å²) in [6.45, 7) is 4.61. The quantitative estimate of drug-likeness (QED) is 0.632. The van der Waals surface area contributed by atoms with E-state index in [9.17, 15) is 9.59 Å². The van der Waals surface area contributed by atoms with E-state index in [-0.39, 0.29) is 18.4 Å². The molecule has 0 bridgehead atoms. The Kier molecular flexibility index (Phi) is 6.20. The van der Waals surface area contributed by atoms with Gasteiger partial charge in [-0.2, -0.15) is 0 Å². The van der Waals surface area contributed by atoms with Crippen molar-refractivity contribution in [3.05, 3.63) is 75.2 Å². The smallest absolute Gasteiger partial charge is 0.255 e. The van der Waals surface area contributed by atoms with Crippen molar-refractivity contribution in [3.8, 4) is 12.3 Å². The molecule has 0 unspecified atom stereocenters. The number of rotatable bonds is 6. The van der Waals surface area contributed by atoms with Crippen molar-refractivity contribution < 1.29 is 9.59 Å². The lowest BCUT2D eigenvalue weighted by Crippen LogP contribution is -2.35. The molecule has 5 nitrogen and oxygen atoms in total. The summed E-state index contributed by atoms with van der Waals surface area (Å²) in [5.41, 5.74) is 3.83. The van der Waals surface area contributed by atoms with Crippen LogP contribution in [-0.4, -0.2) is 34.9 Å². The third kappa shape index (κ3) is 4.76. The van der Waals surface area contributed by atoms with Crippen molar-refractivity contribution >= 4 is 28.8 Å². The lowest BCUT2D eigenvalue weighted by molar-refractivity contribution is -0.116. The largest absolute Gasteiger partial charge is 0.343 e. The van der Waals surface area contributed by atoms with Crippen LogP contribution < -0.4 is 5.32 Å². The van der Waals surface area contributed by atoms with Crippen molar-refractivity contribution in [3.63, 3.8) is 0 Å². The molecule has 3 aromatic rings. The van der Waals surface area contributed by atoms with Crippen molar-refractivity contribution in [1.29, 1.82) is 0 Å². The number of likely N-dealkylation sites (N-methyl/N-ethyl adjacent to an activating group) is 1. The van der Waals surface area contributed by atoms with Gasteiger partial charge in [0.1, 0.15) is 0 Å². The molecule has 2 amide bonds. The van der Waals surface area contributed by atoms with Gasteiger partial charge in [0, 0.05) is 34.6 Å². The number of nitrogens with one attached hydrogen (secondary N) is 1. The Morgan fingerprint density at radius 2 is 2.00 bits per heavy atom. The van der Waals surface area contributed by atoms with Gasteiger partial charge in [-0.15, -0.1) is 17.8 Å². The second kappa shape index (κ2) is 8.80. The Morgan fingerprint density at radius 3 is 2.69 bits per heavy atom. The average Bonchev–Trinajstić information content (AvgIpc) is 3.31. The van der Waals surface area contributed by atoms with E-state index >= 15 is 0 Å². The van der Waals surface area contributed by atoms with Crippen LogP contribution in [0.5, 0.6) is 0 Å². The van der Waals surface area contributed by atoms with Gasteiger partial charge in [0.2, 0.25) is 5.91 Å². The zero-order valence-electron chi connectivity index (χ0n) is 16.7. The lowest BCUT2D eigenvalue weighted by atomic mass is 10.2. The van der Waals surface area contributed by atoms with E-state index in [1.165, 1.54) is 9.78 Å². The molecule has 2 aromatic heterocycles. The van der Waals surface area contributed by atoms with E-state index in [0.717, 1.165) is 17.9 Å². The predicted molar refractivity (Wildman–Crippen MR) is 117 cm³/mol. The van der Waals surface area contributed by atoms with Crippen LogP contribution in [-0.2, 0) is 11.3 Å². The SMILES string of the molecule is C#Cc1cccc(NC(=O)CN(C)C(=O)c2cc(C)n(Cc3cccs3)c2C)c1. The van der Waals surface area contributed by atoms with E-state index in [4.69, 9.17) is 6.42 Å². The average molecular weight is 406 g/mol. The van der Waals surface area contributed by atoms with Gasteiger partial charge < -0.3 is 14.8 Å². The summed E-state index contributed by atoms with van der Waals surface area (Å²) in [5.74, 6) is 2.08. The number of nitrogens with zero attached hydrogens (tertiary/aromatic N) is 2. The van der Waals surface area contributed by atoms with Crippen LogP contribution in [0, 0.1) is 26.2 Å². The Balaban J connectivity index is 1.68. The van der Waals surface area contributed by atoms with E-state index in [1.807, 2.05) is 31.4 Å². The van der Waals surface area contributed by atoms with Gasteiger partial charge in [0.05, 0.1) is 18.7 Å². The number of aryl methyl sites for hydroxylation is 1. The molecule has 2 heterocycles. The second-order valence-electron chi connectivity index (χ2n) is 6.88. The van der Waals surface area contributed by atoms with Crippen LogP contribution in [0.4, 0.5) is 5.69 Å². The fourth-order valence-corrected chi connectivity index (χ4v) is 3.89. The summed E-state index contributed by atoms with van der Waals surface area (Å²) in [6.07, 6.45) is 5.39.